The second-order valence-electron chi connectivity index (χ2n) is 8.29. The van der Waals surface area contributed by atoms with Crippen LogP contribution in [0.15, 0.2) is 44.3 Å². The zero-order chi connectivity index (χ0) is 19.0. The fourth-order valence-electron chi connectivity index (χ4n) is 2.51. The van der Waals surface area contributed by atoms with Gasteiger partial charge in [0.05, 0.1) is 5.69 Å². The van der Waals surface area contributed by atoms with Crippen molar-refractivity contribution < 1.29 is 5.11 Å². The van der Waals surface area contributed by atoms with Gasteiger partial charge < -0.3 is 5.11 Å². The lowest BCUT2D eigenvalue weighted by atomic mass is 9.79. The van der Waals surface area contributed by atoms with Crippen LogP contribution in [0.3, 0.4) is 0 Å². The predicted octanol–water partition coefficient (Wildman–Crippen LogP) is 7.26. The zero-order valence-electron chi connectivity index (χ0n) is 15.6. The molecule has 4 heteroatoms. The molecular formula is C21H25Br2NO. The minimum atomic E-state index is -0.151. The van der Waals surface area contributed by atoms with Crippen molar-refractivity contribution in [3.05, 3.63) is 56.0 Å². The van der Waals surface area contributed by atoms with Crippen molar-refractivity contribution >= 4 is 43.8 Å². The Morgan fingerprint density at radius 2 is 1.48 bits per heavy atom. The zero-order valence-corrected chi connectivity index (χ0v) is 18.8. The van der Waals surface area contributed by atoms with Gasteiger partial charge in [0.15, 0.2) is 0 Å². The Labute approximate surface area is 167 Å². The fraction of sp³-hybridized carbons (Fsp3) is 0.381. The lowest BCUT2D eigenvalue weighted by Gasteiger charge is -2.27. The van der Waals surface area contributed by atoms with Crippen LogP contribution in [-0.2, 0) is 10.8 Å². The van der Waals surface area contributed by atoms with Gasteiger partial charge in [-0.3, -0.25) is 4.99 Å². The van der Waals surface area contributed by atoms with Crippen molar-refractivity contribution in [2.75, 3.05) is 0 Å². The summed E-state index contributed by atoms with van der Waals surface area (Å²) in [4.78, 5) is 4.60. The molecule has 134 valence electrons. The van der Waals surface area contributed by atoms with E-state index in [0.29, 0.717) is 5.75 Å². The molecule has 0 fully saturated rings. The van der Waals surface area contributed by atoms with Gasteiger partial charge in [-0.1, -0.05) is 53.7 Å². The van der Waals surface area contributed by atoms with E-state index in [4.69, 9.17) is 0 Å². The molecule has 0 saturated carbocycles. The van der Waals surface area contributed by atoms with Gasteiger partial charge in [-0.15, -0.1) is 0 Å². The van der Waals surface area contributed by atoms with Crippen LogP contribution in [0.1, 0.15) is 58.2 Å². The van der Waals surface area contributed by atoms with Crippen molar-refractivity contribution in [2.45, 2.75) is 52.4 Å². The molecule has 0 amide bonds. The molecule has 0 spiro atoms. The van der Waals surface area contributed by atoms with E-state index in [1.165, 1.54) is 5.56 Å². The highest BCUT2D eigenvalue weighted by molar-refractivity contribution is 9.11. The number of rotatable bonds is 2. The molecule has 0 aliphatic heterocycles. The Kier molecular flexibility index (Phi) is 5.85. The Morgan fingerprint density at radius 3 is 1.96 bits per heavy atom. The molecule has 0 saturated heterocycles. The number of hydrogen-bond acceptors (Lipinski definition) is 2. The van der Waals surface area contributed by atoms with Gasteiger partial charge in [-0.05, 0) is 66.5 Å². The number of benzene rings is 2. The Hall–Kier alpha value is -1.13. The Bertz CT molecular complexity index is 792. The van der Waals surface area contributed by atoms with Crippen LogP contribution in [0.4, 0.5) is 5.69 Å². The third-order valence-electron chi connectivity index (χ3n) is 4.08. The number of halogens is 2. The molecule has 2 nitrogen and oxygen atoms in total. The summed E-state index contributed by atoms with van der Waals surface area (Å²) < 4.78 is 1.81. The van der Waals surface area contributed by atoms with Gasteiger partial charge in [0.1, 0.15) is 5.75 Å². The lowest BCUT2D eigenvalue weighted by Crippen LogP contribution is -2.17. The van der Waals surface area contributed by atoms with Crippen LogP contribution in [-0.4, -0.2) is 11.3 Å². The average Bonchev–Trinajstić information content (AvgIpc) is 2.45. The monoisotopic (exact) mass is 465 g/mol. The molecule has 0 aliphatic rings. The van der Waals surface area contributed by atoms with Gasteiger partial charge in [-0.2, -0.15) is 0 Å². The highest BCUT2D eigenvalue weighted by Gasteiger charge is 2.24. The third kappa shape index (κ3) is 4.73. The van der Waals surface area contributed by atoms with E-state index in [1.807, 2.05) is 24.3 Å². The summed E-state index contributed by atoms with van der Waals surface area (Å²) in [5, 5.41) is 10.8. The summed E-state index contributed by atoms with van der Waals surface area (Å²) in [6.45, 7) is 12.9. The highest BCUT2D eigenvalue weighted by Crippen LogP contribution is 2.38. The van der Waals surface area contributed by atoms with E-state index < -0.39 is 0 Å². The second-order valence-corrected chi connectivity index (χ2v) is 10.00. The second kappa shape index (κ2) is 7.24. The van der Waals surface area contributed by atoms with Crippen LogP contribution in [0.2, 0.25) is 0 Å². The molecular weight excluding hydrogens is 442 g/mol. The normalized spacial score (nSPS) is 12.8. The summed E-state index contributed by atoms with van der Waals surface area (Å²) in [7, 11) is 0. The summed E-state index contributed by atoms with van der Waals surface area (Å²) in [6, 6.07) is 9.98. The van der Waals surface area contributed by atoms with Crippen molar-refractivity contribution in [3.63, 3.8) is 0 Å². The van der Waals surface area contributed by atoms with E-state index in [-0.39, 0.29) is 10.8 Å². The number of phenols is 1. The maximum absolute atomic E-state index is 10.8. The van der Waals surface area contributed by atoms with E-state index in [2.05, 4.69) is 84.5 Å². The lowest BCUT2D eigenvalue weighted by molar-refractivity contribution is 0.444. The quantitative estimate of drug-likeness (QED) is 0.464. The molecule has 0 bridgehead atoms. The number of hydrogen-bond donors (Lipinski definition) is 1. The van der Waals surface area contributed by atoms with Crippen molar-refractivity contribution in [1.29, 1.82) is 0 Å². The van der Waals surface area contributed by atoms with E-state index in [0.717, 1.165) is 25.8 Å². The minimum absolute atomic E-state index is 0.00972. The minimum Gasteiger partial charge on any atom is -0.507 e. The molecule has 0 heterocycles. The van der Waals surface area contributed by atoms with E-state index in [1.54, 1.807) is 6.21 Å². The van der Waals surface area contributed by atoms with Gasteiger partial charge in [-0.25, -0.2) is 0 Å². The van der Waals surface area contributed by atoms with Crippen LogP contribution >= 0.6 is 31.9 Å². The van der Waals surface area contributed by atoms with Crippen LogP contribution in [0, 0.1) is 0 Å². The van der Waals surface area contributed by atoms with E-state index >= 15 is 0 Å². The van der Waals surface area contributed by atoms with Gasteiger partial charge in [0.2, 0.25) is 0 Å². The smallest absolute Gasteiger partial charge is 0.128 e. The van der Waals surface area contributed by atoms with Crippen molar-refractivity contribution in [1.82, 2.24) is 0 Å². The maximum Gasteiger partial charge on any atom is 0.128 e. The first-order valence-electron chi connectivity index (χ1n) is 8.27. The summed E-state index contributed by atoms with van der Waals surface area (Å²) in [6.07, 6.45) is 1.74. The third-order valence-corrected chi connectivity index (χ3v) is 5.36. The topological polar surface area (TPSA) is 32.6 Å². The van der Waals surface area contributed by atoms with Crippen molar-refractivity contribution in [2.24, 2.45) is 4.99 Å². The first-order valence-corrected chi connectivity index (χ1v) is 9.86. The number of nitrogens with zero attached hydrogens (tertiary/aromatic N) is 1. The predicted molar refractivity (Wildman–Crippen MR) is 115 cm³/mol. The van der Waals surface area contributed by atoms with Gasteiger partial charge in [0.25, 0.3) is 0 Å². The maximum atomic E-state index is 10.8. The fourth-order valence-corrected chi connectivity index (χ4v) is 3.71. The molecule has 2 aromatic carbocycles. The van der Waals surface area contributed by atoms with Gasteiger partial charge in [0, 0.05) is 26.3 Å². The molecule has 2 aromatic rings. The van der Waals surface area contributed by atoms with Crippen LogP contribution in [0.25, 0.3) is 0 Å². The highest BCUT2D eigenvalue weighted by atomic mass is 79.9. The van der Waals surface area contributed by atoms with Crippen molar-refractivity contribution in [3.8, 4) is 5.75 Å². The first-order chi connectivity index (χ1) is 11.4. The Balaban J connectivity index is 2.63. The molecule has 2 rings (SSSR count). The number of aliphatic imine (C=N–C) groups is 1. The molecule has 1 N–H and O–H groups in total. The van der Waals surface area contributed by atoms with Gasteiger partial charge >= 0.3 is 0 Å². The average molecular weight is 467 g/mol. The molecule has 0 atom stereocenters. The standard InChI is InChI=1S/C21H25Br2NO/c1-20(2,3)14-10-13(19(25)15(11-14)21(4,5)6)12-24-18-16(22)8-7-9-17(18)23/h7-12,25H,1-6H3. The number of para-hydroxylation sites is 1. The van der Waals surface area contributed by atoms with E-state index in [9.17, 15) is 5.11 Å². The van der Waals surface area contributed by atoms with Crippen LogP contribution < -0.4 is 0 Å². The Morgan fingerprint density at radius 1 is 0.920 bits per heavy atom. The number of phenolic OH excluding ortho intramolecular Hbond substituents is 1. The summed E-state index contributed by atoms with van der Waals surface area (Å²) >= 11 is 7.05. The summed E-state index contributed by atoms with van der Waals surface area (Å²) in [5.74, 6) is 0.299. The summed E-state index contributed by atoms with van der Waals surface area (Å²) in [5.41, 5.74) is 3.50. The largest absolute Gasteiger partial charge is 0.507 e. The SMILES string of the molecule is CC(C)(C)c1cc(C=Nc2c(Br)cccc2Br)c(O)c(C(C)(C)C)c1. The molecule has 0 unspecified atom stereocenters. The molecule has 0 aliphatic carbocycles. The molecule has 0 aromatic heterocycles. The number of aromatic hydroxyl groups is 1. The molecule has 25 heavy (non-hydrogen) atoms. The van der Waals surface area contributed by atoms with Crippen LogP contribution in [0.5, 0.6) is 5.75 Å². The molecule has 0 radical (unpaired) electrons. The first kappa shape index (κ1) is 20.2.